The number of fused-ring (bicyclic) bond motifs is 8. The topological polar surface area (TPSA) is 25.8 Å². The van der Waals surface area contributed by atoms with Crippen LogP contribution in [0.2, 0.25) is 0 Å². The first-order valence-corrected chi connectivity index (χ1v) is 50.2. The molecule has 676 valence electrons. The van der Waals surface area contributed by atoms with Gasteiger partial charge in [-0.1, -0.05) is 385 Å². The second-order valence-electron chi connectivity index (χ2n) is 42.4. The lowest BCUT2D eigenvalue weighted by atomic mass is 9.80. The number of nitrogens with zero attached hydrogens (tertiary/aromatic N) is 2. The predicted octanol–water partition coefficient (Wildman–Crippen LogP) is 37.7. The van der Waals surface area contributed by atoms with Gasteiger partial charge in [0.25, 0.3) is 0 Å². The van der Waals surface area contributed by atoms with Crippen LogP contribution in [-0.2, 0) is 44.9 Å². The molecule has 4 aliphatic carbocycles. The maximum absolute atomic E-state index is 4.55. The minimum absolute atomic E-state index is 0.526. The van der Waals surface area contributed by atoms with Gasteiger partial charge in [0.1, 0.15) is 0 Å². The first kappa shape index (κ1) is 101. The molecule has 0 amide bonds. The van der Waals surface area contributed by atoms with Crippen molar-refractivity contribution in [2.24, 2.45) is 5.92 Å². The van der Waals surface area contributed by atoms with E-state index in [1.165, 1.54) is 177 Å². The largest absolute Gasteiger partial charge is 0.256 e. The number of pyridine rings is 2. The SMILES string of the molecule is CC(C)c1cc2c(c(C(C)C)c1)CCCC2.CC(C)c1ccc(C(C)C)c2c1CCC2.CC(C)c1ccc(C(C)C)c2c1CCCC2.CC(C)c1ccc(C(C)C)c2ccccc12.CC(C)c1ccc(C(C)C)c2ncccc12.CC(C)c1cccc2c(C(C)C)cccc12.CC(C)c1cccc2c1CCC2C(C)C.CC(C)c1ccnc2c(C(C)C)cccc12. The van der Waals surface area contributed by atoms with Gasteiger partial charge in [-0.05, 0) is 346 Å². The molecule has 0 saturated carbocycles. The Balaban J connectivity index is 0.000000163. The number of aromatic nitrogens is 2. The number of rotatable bonds is 16. The summed E-state index contributed by atoms with van der Waals surface area (Å²) in [6, 6.07) is 65.4. The number of hydrogen-bond donors (Lipinski definition) is 0. The van der Waals surface area contributed by atoms with E-state index in [2.05, 4.69) is 401 Å². The van der Waals surface area contributed by atoms with Gasteiger partial charge in [0.15, 0.2) is 0 Å². The van der Waals surface area contributed by atoms with Crippen molar-refractivity contribution < 1.29 is 0 Å². The number of hydrogen-bond acceptors (Lipinski definition) is 2. The molecule has 4 aliphatic rings. The lowest BCUT2D eigenvalue weighted by molar-refractivity contribution is 0.496. The summed E-state index contributed by atoms with van der Waals surface area (Å²) in [5, 5.41) is 8.30. The summed E-state index contributed by atoms with van der Waals surface area (Å²) in [7, 11) is 0. The molecular weight excluding hydrogens is 1520 g/mol. The van der Waals surface area contributed by atoms with Gasteiger partial charge in [0.2, 0.25) is 0 Å². The van der Waals surface area contributed by atoms with Crippen LogP contribution in [0.15, 0.2) is 188 Å². The maximum Gasteiger partial charge on any atom is 0.0739 e. The standard InChI is InChI=1S/C16H20.2C16H24.C16H20.2C15H19N.2C15H22/c1-11(2)13-7-5-10-16-14(12(3)4)8-6-9-15(13)16;1-11(2)14-9-13-7-5-6-8-15(13)16(10-14)12(3)4;2*1-11(2)13-9-10-14(12(3)4)16-8-6-5-7-15(13)16;1-10(2)12-7-8-13(11(3)4)15-14(12)6-5-9-16-15;1-10(2)12-8-9-16-15-13(11(3)4)6-5-7-14(12)15;1-10(2)12-8-9-13(11(3)4)15-7-5-6-14(12)15;1-10(2)12-6-5-7-14-13(11(3)4)8-9-15(12)14/h5-12H,1-4H3;2*9-12H,5-8H2,1-4H3;5-12H,1-4H3;2*5-11H,1-4H3;8-11H,5-7H2,1-4H3;5-7,10-11,13H,8-9H2,1-4H3. The molecule has 2 nitrogen and oxygen atoms in total. The zero-order chi connectivity index (χ0) is 92.2. The molecule has 0 spiro atoms. The van der Waals surface area contributed by atoms with Crippen LogP contribution in [0.4, 0.5) is 0 Å². The summed E-state index contributed by atoms with van der Waals surface area (Å²) in [4.78, 5) is 9.09. The van der Waals surface area contributed by atoms with Gasteiger partial charge in [0, 0.05) is 23.2 Å². The monoisotopic (exact) mass is 1690 g/mol. The normalized spacial score (nSPS) is 14.0. The molecule has 2 aromatic heterocycles. The Morgan fingerprint density at radius 1 is 0.206 bits per heavy atom. The van der Waals surface area contributed by atoms with Gasteiger partial charge in [-0.3, -0.25) is 9.97 Å². The van der Waals surface area contributed by atoms with Crippen LogP contribution >= 0.6 is 0 Å². The molecular formula is C124H170N2. The van der Waals surface area contributed by atoms with Gasteiger partial charge in [-0.15, -0.1) is 0 Å². The van der Waals surface area contributed by atoms with E-state index in [4.69, 9.17) is 0 Å². The molecule has 0 radical (unpaired) electrons. The van der Waals surface area contributed by atoms with Gasteiger partial charge >= 0.3 is 0 Å². The van der Waals surface area contributed by atoms with Gasteiger partial charge in [0.05, 0.1) is 11.0 Å². The van der Waals surface area contributed by atoms with Crippen molar-refractivity contribution in [1.82, 2.24) is 9.97 Å². The molecule has 1 unspecified atom stereocenters. The Morgan fingerprint density at radius 2 is 0.492 bits per heavy atom. The molecule has 126 heavy (non-hydrogen) atoms. The fraction of sp³-hybridized carbons (Fsp3) is 0.500. The average molecular weight is 1690 g/mol. The third kappa shape index (κ3) is 25.3. The molecule has 2 heterocycles. The lowest BCUT2D eigenvalue weighted by Gasteiger charge is -2.25. The van der Waals surface area contributed by atoms with Gasteiger partial charge in [-0.2, -0.15) is 0 Å². The summed E-state index contributed by atoms with van der Waals surface area (Å²) in [6.07, 6.45) is 21.2. The second-order valence-corrected chi connectivity index (χ2v) is 42.4. The van der Waals surface area contributed by atoms with E-state index in [1.54, 1.807) is 77.9 Å². The molecule has 0 aliphatic heterocycles. The number of benzene rings is 10. The molecule has 16 rings (SSSR count). The molecule has 2 heteroatoms. The Hall–Kier alpha value is -8.46. The van der Waals surface area contributed by atoms with Gasteiger partial charge < -0.3 is 0 Å². The van der Waals surface area contributed by atoms with E-state index in [1.807, 2.05) is 18.5 Å². The van der Waals surface area contributed by atoms with Crippen LogP contribution in [0, 0.1) is 5.92 Å². The minimum atomic E-state index is 0.526. The molecule has 12 aromatic rings. The molecule has 10 aromatic carbocycles. The summed E-state index contributed by atoms with van der Waals surface area (Å²) in [6.45, 7) is 73.0. The van der Waals surface area contributed by atoms with E-state index in [0.29, 0.717) is 88.8 Å². The highest BCUT2D eigenvalue weighted by Gasteiger charge is 2.28. The summed E-state index contributed by atoms with van der Waals surface area (Å²) in [5.74, 6) is 10.8. The van der Waals surface area contributed by atoms with E-state index in [-0.39, 0.29) is 0 Å². The molecule has 0 N–H and O–H groups in total. The zero-order valence-corrected chi connectivity index (χ0v) is 85.3. The molecule has 0 fully saturated rings. The third-order valence-corrected chi connectivity index (χ3v) is 27.7. The fourth-order valence-corrected chi connectivity index (χ4v) is 20.7. The first-order valence-electron chi connectivity index (χ1n) is 50.2. The van der Waals surface area contributed by atoms with Crippen molar-refractivity contribution in [1.29, 1.82) is 0 Å². The smallest absolute Gasteiger partial charge is 0.0739 e. The Kier molecular flexibility index (Phi) is 37.9. The van der Waals surface area contributed by atoms with E-state index in [0.717, 1.165) is 11.8 Å². The highest BCUT2D eigenvalue weighted by atomic mass is 14.7. The lowest BCUT2D eigenvalue weighted by Crippen LogP contribution is -2.11. The van der Waals surface area contributed by atoms with Crippen LogP contribution in [0.3, 0.4) is 0 Å². The highest BCUT2D eigenvalue weighted by molar-refractivity contribution is 5.91. The van der Waals surface area contributed by atoms with Crippen molar-refractivity contribution >= 4 is 43.4 Å². The quantitative estimate of drug-likeness (QED) is 0.0963. The second kappa shape index (κ2) is 47.2. The average Bonchev–Trinajstić information content (AvgIpc) is 1.75. The van der Waals surface area contributed by atoms with Crippen molar-refractivity contribution in [3.05, 3.63) is 316 Å². The van der Waals surface area contributed by atoms with Crippen LogP contribution in [0.1, 0.15) is 483 Å². The van der Waals surface area contributed by atoms with E-state index in [9.17, 15) is 0 Å². The Bertz CT molecular complexity index is 4910. The number of para-hydroxylation sites is 1. The minimum Gasteiger partial charge on any atom is -0.256 e. The zero-order valence-electron chi connectivity index (χ0n) is 85.3. The van der Waals surface area contributed by atoms with Crippen LogP contribution in [0.5, 0.6) is 0 Å². The van der Waals surface area contributed by atoms with Crippen LogP contribution in [0.25, 0.3) is 43.4 Å². The van der Waals surface area contributed by atoms with E-state index < -0.39 is 0 Å². The Morgan fingerprint density at radius 3 is 0.889 bits per heavy atom. The van der Waals surface area contributed by atoms with Gasteiger partial charge in [-0.25, -0.2) is 0 Å². The predicted molar refractivity (Wildman–Crippen MR) is 560 cm³/mol. The fourth-order valence-electron chi connectivity index (χ4n) is 20.7. The Labute approximate surface area is 770 Å². The van der Waals surface area contributed by atoms with Crippen molar-refractivity contribution in [3.8, 4) is 0 Å². The summed E-state index contributed by atoms with van der Waals surface area (Å²) < 4.78 is 0. The summed E-state index contributed by atoms with van der Waals surface area (Å²) >= 11 is 0. The van der Waals surface area contributed by atoms with Crippen molar-refractivity contribution in [2.45, 2.75) is 400 Å². The number of aryl methyl sites for hydroxylation is 1. The first-order chi connectivity index (χ1) is 59.9. The highest BCUT2D eigenvalue weighted by Crippen LogP contribution is 2.44. The van der Waals surface area contributed by atoms with Crippen LogP contribution in [-0.4, -0.2) is 9.97 Å². The maximum atomic E-state index is 4.55. The van der Waals surface area contributed by atoms with E-state index >= 15 is 0 Å². The summed E-state index contributed by atoms with van der Waals surface area (Å²) in [5.41, 5.74) is 38.1. The molecule has 1 atom stereocenters. The van der Waals surface area contributed by atoms with Crippen molar-refractivity contribution in [3.63, 3.8) is 0 Å². The van der Waals surface area contributed by atoms with Crippen LogP contribution < -0.4 is 0 Å². The third-order valence-electron chi connectivity index (χ3n) is 27.7. The molecule has 0 bridgehead atoms. The molecule has 0 saturated heterocycles. The van der Waals surface area contributed by atoms with Crippen molar-refractivity contribution in [2.75, 3.05) is 0 Å².